The molecule has 1 aliphatic rings. The molecule has 0 spiro atoms. The van der Waals surface area contributed by atoms with Crippen molar-refractivity contribution in [2.24, 2.45) is 5.92 Å². The fraction of sp³-hybridized carbons (Fsp3) is 0.174. The second-order valence-electron chi connectivity index (χ2n) is 7.52. The molecule has 1 aliphatic carbocycles. The number of hydrogen-bond donors (Lipinski definition) is 0. The predicted octanol–water partition coefficient (Wildman–Crippen LogP) is 4.30. The molecule has 0 saturated carbocycles. The summed E-state index contributed by atoms with van der Waals surface area (Å²) in [5.74, 6) is 0.944. The highest BCUT2D eigenvalue weighted by Crippen LogP contribution is 2.29. The van der Waals surface area contributed by atoms with E-state index in [-0.39, 0.29) is 17.5 Å². The molecule has 30 heavy (non-hydrogen) atoms. The molecule has 7 heteroatoms. The van der Waals surface area contributed by atoms with Gasteiger partial charge in [-0.2, -0.15) is 0 Å². The maximum atomic E-state index is 13.9. The molecule has 1 unspecified atom stereocenters. The average Bonchev–Trinajstić information content (AvgIpc) is 3.19. The fourth-order valence-electron chi connectivity index (χ4n) is 3.75. The van der Waals surface area contributed by atoms with Crippen molar-refractivity contribution in [1.82, 2.24) is 24.7 Å². The molecule has 1 aromatic carbocycles. The number of pyridine rings is 2. The topological polar surface area (TPSA) is 73.6 Å². The first-order chi connectivity index (χ1) is 14.6. The Hall–Kier alpha value is -3.74. The molecular weight excluding hydrogens is 381 g/mol. The molecule has 5 rings (SSSR count). The number of carbonyl (C=O) groups excluding carboxylic acids is 1. The van der Waals surface area contributed by atoms with Gasteiger partial charge in [0, 0.05) is 29.9 Å². The van der Waals surface area contributed by atoms with Gasteiger partial charge in [0.2, 0.25) is 0 Å². The molecule has 0 radical (unpaired) electrons. The van der Waals surface area contributed by atoms with Gasteiger partial charge in [0.1, 0.15) is 11.5 Å². The Balaban J connectivity index is 1.68. The number of rotatable bonds is 3. The van der Waals surface area contributed by atoms with Crippen LogP contribution in [-0.4, -0.2) is 30.5 Å². The largest absolute Gasteiger partial charge is 0.294 e. The van der Waals surface area contributed by atoms with Gasteiger partial charge in [0.15, 0.2) is 17.4 Å². The second-order valence-corrected chi connectivity index (χ2v) is 7.52. The van der Waals surface area contributed by atoms with E-state index in [0.717, 1.165) is 17.7 Å². The Morgan fingerprint density at radius 3 is 2.77 bits per heavy atom. The molecule has 3 aromatic heterocycles. The van der Waals surface area contributed by atoms with Crippen LogP contribution in [0.25, 0.3) is 28.6 Å². The van der Waals surface area contributed by atoms with Crippen LogP contribution in [-0.2, 0) is 6.42 Å². The van der Waals surface area contributed by atoms with E-state index in [4.69, 9.17) is 4.98 Å². The second kappa shape index (κ2) is 7.26. The number of nitrogens with zero attached hydrogens (tertiary/aromatic N) is 5. The smallest absolute Gasteiger partial charge is 0.183 e. The van der Waals surface area contributed by atoms with E-state index in [2.05, 4.69) is 15.1 Å². The molecule has 3 heterocycles. The Kier molecular flexibility index (Phi) is 4.43. The highest BCUT2D eigenvalue weighted by Gasteiger charge is 2.25. The molecule has 0 N–H and O–H groups in total. The number of benzene rings is 1. The van der Waals surface area contributed by atoms with Crippen molar-refractivity contribution in [3.63, 3.8) is 0 Å². The molecule has 1 atom stereocenters. The van der Waals surface area contributed by atoms with Crippen molar-refractivity contribution in [1.29, 1.82) is 0 Å². The minimum absolute atomic E-state index is 0.116. The fourth-order valence-corrected chi connectivity index (χ4v) is 3.75. The van der Waals surface area contributed by atoms with Gasteiger partial charge in [-0.1, -0.05) is 13.0 Å². The summed E-state index contributed by atoms with van der Waals surface area (Å²) < 4.78 is 15.5. The molecule has 6 nitrogen and oxygen atoms in total. The van der Waals surface area contributed by atoms with E-state index in [9.17, 15) is 9.18 Å². The zero-order chi connectivity index (χ0) is 20.7. The van der Waals surface area contributed by atoms with Crippen LogP contribution in [0.2, 0.25) is 0 Å². The van der Waals surface area contributed by atoms with E-state index in [1.807, 2.05) is 19.1 Å². The quantitative estimate of drug-likeness (QED) is 0.514. The van der Waals surface area contributed by atoms with Gasteiger partial charge in [0.25, 0.3) is 0 Å². The van der Waals surface area contributed by atoms with Crippen LogP contribution < -0.4 is 0 Å². The number of hydrogen-bond acceptors (Lipinski definition) is 5. The maximum absolute atomic E-state index is 13.9. The number of Topliss-reactive ketones (excluding diaryl/α,β-unsaturated/α-hetero) is 1. The first-order valence-corrected chi connectivity index (χ1v) is 9.75. The summed E-state index contributed by atoms with van der Waals surface area (Å²) in [6, 6.07) is 13.4. The van der Waals surface area contributed by atoms with Gasteiger partial charge >= 0.3 is 0 Å². The third-order valence-corrected chi connectivity index (χ3v) is 5.16. The minimum Gasteiger partial charge on any atom is -0.294 e. The van der Waals surface area contributed by atoms with Crippen molar-refractivity contribution < 1.29 is 9.18 Å². The third-order valence-electron chi connectivity index (χ3n) is 5.16. The van der Waals surface area contributed by atoms with E-state index in [1.165, 1.54) is 12.1 Å². The van der Waals surface area contributed by atoms with Gasteiger partial charge < -0.3 is 0 Å². The van der Waals surface area contributed by atoms with E-state index < -0.39 is 0 Å². The van der Waals surface area contributed by atoms with Crippen molar-refractivity contribution in [2.45, 2.75) is 19.8 Å². The summed E-state index contributed by atoms with van der Waals surface area (Å²) in [7, 11) is 0. The highest BCUT2D eigenvalue weighted by atomic mass is 19.1. The van der Waals surface area contributed by atoms with Crippen LogP contribution in [0.1, 0.15) is 29.4 Å². The zero-order valence-corrected chi connectivity index (χ0v) is 16.3. The van der Waals surface area contributed by atoms with Crippen LogP contribution in [0, 0.1) is 11.7 Å². The van der Waals surface area contributed by atoms with E-state index >= 15 is 0 Å². The molecule has 148 valence electrons. The maximum Gasteiger partial charge on any atom is 0.183 e. The number of halogens is 1. The van der Waals surface area contributed by atoms with Crippen LogP contribution in [0.15, 0.2) is 60.9 Å². The predicted molar refractivity (Wildman–Crippen MR) is 110 cm³/mol. The van der Waals surface area contributed by atoms with Crippen molar-refractivity contribution in [3.05, 3.63) is 78.0 Å². The third kappa shape index (κ3) is 3.28. The normalized spacial score (nSPS) is 15.8. The van der Waals surface area contributed by atoms with Gasteiger partial charge in [0.05, 0.1) is 11.4 Å². The van der Waals surface area contributed by atoms with Gasteiger partial charge in [-0.15, -0.1) is 5.10 Å². The van der Waals surface area contributed by atoms with Crippen molar-refractivity contribution in [2.75, 3.05) is 0 Å². The monoisotopic (exact) mass is 399 g/mol. The summed E-state index contributed by atoms with van der Waals surface area (Å²) in [6.45, 7) is 2.05. The Morgan fingerprint density at radius 2 is 1.97 bits per heavy atom. The minimum atomic E-state index is -0.366. The van der Waals surface area contributed by atoms with Crippen LogP contribution in [0.5, 0.6) is 0 Å². The van der Waals surface area contributed by atoms with Gasteiger partial charge in [-0.25, -0.2) is 19.0 Å². The average molecular weight is 399 g/mol. The summed E-state index contributed by atoms with van der Waals surface area (Å²) in [5, 5.41) is 4.60. The van der Waals surface area contributed by atoms with E-state index in [0.29, 0.717) is 35.0 Å². The lowest BCUT2D eigenvalue weighted by atomic mass is 9.87. The number of fused-ring (bicyclic) bond motifs is 1. The van der Waals surface area contributed by atoms with Gasteiger partial charge in [-0.05, 0) is 54.8 Å². The highest BCUT2D eigenvalue weighted by molar-refractivity contribution is 5.98. The standard InChI is InChI=1S/C23H18FN5O/c1-14-10-20-18(21(30)11-14)7-8-19(26-20)23-27-22(15-4-3-9-25-13-15)28-29(23)17-6-2-5-16(24)12-17/h2-9,12-14H,10-11H2,1H3. The lowest BCUT2D eigenvalue weighted by Crippen LogP contribution is -2.19. The summed E-state index contributed by atoms with van der Waals surface area (Å²) >= 11 is 0. The SMILES string of the molecule is CC1CC(=O)c2ccc(-c3nc(-c4cccnc4)nn3-c3cccc(F)c3)nc2C1. The Morgan fingerprint density at radius 1 is 1.07 bits per heavy atom. The zero-order valence-electron chi connectivity index (χ0n) is 16.3. The number of ketones is 1. The Bertz CT molecular complexity index is 1250. The van der Waals surface area contributed by atoms with Crippen molar-refractivity contribution >= 4 is 5.78 Å². The summed E-state index contributed by atoms with van der Waals surface area (Å²) in [5.41, 5.74) is 3.31. The van der Waals surface area contributed by atoms with E-state index in [1.54, 1.807) is 41.3 Å². The molecule has 0 saturated heterocycles. The molecule has 4 aromatic rings. The van der Waals surface area contributed by atoms with Gasteiger partial charge in [-0.3, -0.25) is 9.78 Å². The van der Waals surface area contributed by atoms with Crippen molar-refractivity contribution in [3.8, 4) is 28.6 Å². The van der Waals surface area contributed by atoms with Crippen LogP contribution >= 0.6 is 0 Å². The number of aromatic nitrogens is 5. The first kappa shape index (κ1) is 18.3. The molecule has 0 aliphatic heterocycles. The molecule has 0 bridgehead atoms. The molecule has 0 fully saturated rings. The molecular formula is C23H18FN5O. The lowest BCUT2D eigenvalue weighted by molar-refractivity contribution is 0.0952. The number of carbonyl (C=O) groups is 1. The van der Waals surface area contributed by atoms with Crippen LogP contribution in [0.3, 0.4) is 0 Å². The summed E-state index contributed by atoms with van der Waals surface area (Å²) in [6.07, 6.45) is 4.63. The summed E-state index contributed by atoms with van der Waals surface area (Å²) in [4.78, 5) is 25.9. The molecule has 0 amide bonds. The first-order valence-electron chi connectivity index (χ1n) is 9.75. The Labute approximate surface area is 172 Å². The lowest BCUT2D eigenvalue weighted by Gasteiger charge is -2.19. The van der Waals surface area contributed by atoms with Crippen LogP contribution in [0.4, 0.5) is 4.39 Å².